The van der Waals surface area contributed by atoms with E-state index in [1.165, 1.54) is 5.56 Å². The van der Waals surface area contributed by atoms with Crippen molar-refractivity contribution >= 4 is 29.9 Å². The highest BCUT2D eigenvalue weighted by Gasteiger charge is 2.22. The Hall–Kier alpha value is -0.860. The number of hydrogen-bond donors (Lipinski definition) is 2. The highest BCUT2D eigenvalue weighted by molar-refractivity contribution is 14.0. The van der Waals surface area contributed by atoms with Gasteiger partial charge in [0.1, 0.15) is 0 Å². The smallest absolute Gasteiger partial charge is 0.188 e. The Morgan fingerprint density at radius 1 is 1.27 bits per heavy atom. The van der Waals surface area contributed by atoms with Crippen molar-refractivity contribution in [3.63, 3.8) is 0 Å². The van der Waals surface area contributed by atoms with Gasteiger partial charge in [-0.05, 0) is 19.4 Å². The number of ether oxygens (including phenoxy) is 1. The van der Waals surface area contributed by atoms with Crippen LogP contribution in [-0.4, -0.2) is 49.7 Å². The lowest BCUT2D eigenvalue weighted by atomic mass is 10.1. The molecule has 1 atom stereocenters. The van der Waals surface area contributed by atoms with Crippen LogP contribution in [0.4, 0.5) is 0 Å². The third kappa shape index (κ3) is 6.10. The quantitative estimate of drug-likeness (QED) is 0.436. The van der Waals surface area contributed by atoms with Gasteiger partial charge < -0.3 is 15.8 Å². The molecule has 1 fully saturated rings. The molecule has 2 rings (SSSR count). The van der Waals surface area contributed by atoms with Gasteiger partial charge in [-0.25, -0.2) is 0 Å². The maximum absolute atomic E-state index is 5.93. The number of nitrogens with one attached hydrogen (secondary N) is 1. The van der Waals surface area contributed by atoms with E-state index in [1.54, 1.807) is 0 Å². The molecular weight excluding hydrogens is 391 g/mol. The summed E-state index contributed by atoms with van der Waals surface area (Å²) in [5.74, 6) is 0.513. The molecule has 0 radical (unpaired) electrons. The predicted molar refractivity (Wildman–Crippen MR) is 102 cm³/mol. The first-order valence-corrected chi connectivity index (χ1v) is 7.60. The Balaban J connectivity index is 0.00000242. The van der Waals surface area contributed by atoms with Crippen molar-refractivity contribution < 1.29 is 4.74 Å². The van der Waals surface area contributed by atoms with Gasteiger partial charge in [0, 0.05) is 19.1 Å². The van der Waals surface area contributed by atoms with Gasteiger partial charge in [-0.2, -0.15) is 0 Å². The summed E-state index contributed by atoms with van der Waals surface area (Å²) in [6.45, 7) is 8.21. The summed E-state index contributed by atoms with van der Waals surface area (Å²) in [5.41, 5.74) is 7.20. The maximum Gasteiger partial charge on any atom is 0.188 e. The Bertz CT molecular complexity index is 447. The Morgan fingerprint density at radius 2 is 1.91 bits per heavy atom. The third-order valence-electron chi connectivity index (χ3n) is 3.54. The number of benzene rings is 1. The van der Waals surface area contributed by atoms with Crippen molar-refractivity contribution in [2.75, 3.05) is 32.8 Å². The van der Waals surface area contributed by atoms with Crippen LogP contribution in [0.25, 0.3) is 0 Å². The molecule has 0 amide bonds. The van der Waals surface area contributed by atoms with Crippen molar-refractivity contribution in [3.05, 3.63) is 35.9 Å². The molecule has 6 heteroatoms. The highest BCUT2D eigenvalue weighted by Crippen LogP contribution is 2.22. The number of hydrogen-bond acceptors (Lipinski definition) is 3. The van der Waals surface area contributed by atoms with Gasteiger partial charge in [0.05, 0.1) is 25.8 Å². The lowest BCUT2D eigenvalue weighted by Crippen LogP contribution is -2.41. The molecule has 1 saturated heterocycles. The largest absolute Gasteiger partial charge is 0.379 e. The van der Waals surface area contributed by atoms with Crippen LogP contribution < -0.4 is 11.1 Å². The SMILES string of the molecule is CC(C)NC(N)=NCC(c1ccccc1)N1CCOCC1.I. The van der Waals surface area contributed by atoms with Crippen LogP contribution in [0.3, 0.4) is 0 Å². The minimum atomic E-state index is 0. The summed E-state index contributed by atoms with van der Waals surface area (Å²) in [7, 11) is 0. The number of guanidine groups is 1. The van der Waals surface area contributed by atoms with E-state index in [-0.39, 0.29) is 30.0 Å². The Kier molecular flexibility index (Phi) is 8.74. The van der Waals surface area contributed by atoms with E-state index in [4.69, 9.17) is 10.5 Å². The van der Waals surface area contributed by atoms with E-state index in [2.05, 4.69) is 53.3 Å². The van der Waals surface area contributed by atoms with Gasteiger partial charge in [0.15, 0.2) is 5.96 Å². The summed E-state index contributed by atoms with van der Waals surface area (Å²) in [6.07, 6.45) is 0. The monoisotopic (exact) mass is 418 g/mol. The van der Waals surface area contributed by atoms with Crippen LogP contribution >= 0.6 is 24.0 Å². The average Bonchev–Trinajstić information content (AvgIpc) is 2.49. The third-order valence-corrected chi connectivity index (χ3v) is 3.54. The molecule has 1 unspecified atom stereocenters. The fourth-order valence-corrected chi connectivity index (χ4v) is 2.52. The van der Waals surface area contributed by atoms with Crippen molar-refractivity contribution in [1.29, 1.82) is 0 Å². The van der Waals surface area contributed by atoms with Crippen molar-refractivity contribution in [2.45, 2.75) is 25.9 Å². The fourth-order valence-electron chi connectivity index (χ4n) is 2.52. The summed E-state index contributed by atoms with van der Waals surface area (Å²) in [5, 5.41) is 3.14. The molecule has 3 N–H and O–H groups in total. The number of aliphatic imine (C=N–C) groups is 1. The lowest BCUT2D eigenvalue weighted by molar-refractivity contribution is 0.0180. The zero-order valence-electron chi connectivity index (χ0n) is 13.4. The van der Waals surface area contributed by atoms with Crippen LogP contribution in [0, 0.1) is 0 Å². The number of morpholine rings is 1. The van der Waals surface area contributed by atoms with Gasteiger partial charge >= 0.3 is 0 Å². The van der Waals surface area contributed by atoms with Gasteiger partial charge in [0.25, 0.3) is 0 Å². The normalized spacial score (nSPS) is 17.9. The summed E-state index contributed by atoms with van der Waals surface area (Å²) in [4.78, 5) is 6.94. The van der Waals surface area contributed by atoms with E-state index in [1.807, 2.05) is 6.07 Å². The minimum Gasteiger partial charge on any atom is -0.379 e. The second-order valence-corrected chi connectivity index (χ2v) is 5.60. The zero-order valence-corrected chi connectivity index (χ0v) is 15.7. The maximum atomic E-state index is 5.93. The second-order valence-electron chi connectivity index (χ2n) is 5.60. The molecule has 0 aliphatic carbocycles. The molecule has 5 nitrogen and oxygen atoms in total. The molecule has 1 aromatic rings. The van der Waals surface area contributed by atoms with Gasteiger partial charge in [-0.1, -0.05) is 30.3 Å². The Morgan fingerprint density at radius 3 is 2.50 bits per heavy atom. The molecule has 0 spiro atoms. The van der Waals surface area contributed by atoms with E-state index < -0.39 is 0 Å². The highest BCUT2D eigenvalue weighted by atomic mass is 127. The Labute approximate surface area is 150 Å². The molecule has 0 saturated carbocycles. The molecule has 0 aromatic heterocycles. The molecular formula is C16H27IN4O. The van der Waals surface area contributed by atoms with Crippen molar-refractivity contribution in [2.24, 2.45) is 10.7 Å². The average molecular weight is 418 g/mol. The minimum absolute atomic E-state index is 0. The number of halogens is 1. The van der Waals surface area contributed by atoms with Crippen molar-refractivity contribution in [1.82, 2.24) is 10.2 Å². The van der Waals surface area contributed by atoms with Gasteiger partial charge in [-0.3, -0.25) is 9.89 Å². The van der Waals surface area contributed by atoms with Crippen LogP contribution in [0.1, 0.15) is 25.5 Å². The number of nitrogens with two attached hydrogens (primary N) is 1. The first kappa shape index (κ1) is 19.2. The van der Waals surface area contributed by atoms with E-state index in [0.29, 0.717) is 18.5 Å². The lowest BCUT2D eigenvalue weighted by Gasteiger charge is -2.34. The topological polar surface area (TPSA) is 62.9 Å². The summed E-state index contributed by atoms with van der Waals surface area (Å²) < 4.78 is 5.45. The van der Waals surface area contributed by atoms with Crippen LogP contribution in [0.15, 0.2) is 35.3 Å². The van der Waals surface area contributed by atoms with Gasteiger partial charge in [0.2, 0.25) is 0 Å². The molecule has 1 aliphatic rings. The molecule has 1 aliphatic heterocycles. The first-order valence-electron chi connectivity index (χ1n) is 7.60. The van der Waals surface area contributed by atoms with Crippen molar-refractivity contribution in [3.8, 4) is 0 Å². The van der Waals surface area contributed by atoms with Crippen LogP contribution in [0.5, 0.6) is 0 Å². The zero-order chi connectivity index (χ0) is 15.1. The predicted octanol–water partition coefficient (Wildman–Crippen LogP) is 1.99. The number of rotatable bonds is 5. The fraction of sp³-hybridized carbons (Fsp3) is 0.562. The molecule has 0 bridgehead atoms. The molecule has 124 valence electrons. The first-order chi connectivity index (χ1) is 10.2. The molecule has 1 aromatic carbocycles. The summed E-state index contributed by atoms with van der Waals surface area (Å²) in [6, 6.07) is 11.0. The molecule has 22 heavy (non-hydrogen) atoms. The van der Waals surface area contributed by atoms with Crippen LogP contribution in [-0.2, 0) is 4.74 Å². The van der Waals surface area contributed by atoms with E-state index in [9.17, 15) is 0 Å². The summed E-state index contributed by atoms with van der Waals surface area (Å²) >= 11 is 0. The van der Waals surface area contributed by atoms with E-state index >= 15 is 0 Å². The second kappa shape index (κ2) is 10.0. The van der Waals surface area contributed by atoms with Crippen LogP contribution in [0.2, 0.25) is 0 Å². The number of nitrogens with zero attached hydrogens (tertiary/aromatic N) is 2. The van der Waals surface area contributed by atoms with E-state index in [0.717, 1.165) is 26.3 Å². The molecule has 1 heterocycles. The van der Waals surface area contributed by atoms with Gasteiger partial charge in [-0.15, -0.1) is 24.0 Å². The standard InChI is InChI=1S/C16H26N4O.HI/c1-13(2)19-16(17)18-12-15(14-6-4-3-5-7-14)20-8-10-21-11-9-20;/h3-7,13,15H,8-12H2,1-2H3,(H3,17,18,19);1H.